The van der Waals surface area contributed by atoms with E-state index < -0.39 is 0 Å². The molecule has 0 saturated heterocycles. The molecule has 0 aliphatic heterocycles. The number of anilines is 1. The molecule has 0 aliphatic carbocycles. The summed E-state index contributed by atoms with van der Waals surface area (Å²) < 4.78 is 0. The van der Waals surface area contributed by atoms with Crippen LogP contribution in [0.1, 0.15) is 18.9 Å². The maximum atomic E-state index is 4.00. The van der Waals surface area contributed by atoms with E-state index in [0.29, 0.717) is 0 Å². The lowest BCUT2D eigenvalue weighted by Gasteiger charge is -2.12. The molecule has 1 heteroatoms. The summed E-state index contributed by atoms with van der Waals surface area (Å²) in [4.78, 5) is 2.10. The minimum Gasteiger partial charge on any atom is -0.378 e. The van der Waals surface area contributed by atoms with E-state index in [2.05, 4.69) is 42.7 Å². The summed E-state index contributed by atoms with van der Waals surface area (Å²) in [5.74, 6) is 0. The fourth-order valence-corrected chi connectivity index (χ4v) is 1.20. The van der Waals surface area contributed by atoms with Gasteiger partial charge in [-0.3, -0.25) is 0 Å². The summed E-state index contributed by atoms with van der Waals surface area (Å²) in [6, 6.07) is 8.49. The highest BCUT2D eigenvalue weighted by atomic mass is 15.1. The van der Waals surface area contributed by atoms with Crippen molar-refractivity contribution in [3.63, 3.8) is 0 Å². The molecular formula is C12H17N. The van der Waals surface area contributed by atoms with Crippen molar-refractivity contribution in [3.05, 3.63) is 36.4 Å². The second-order valence-electron chi connectivity index (χ2n) is 3.40. The van der Waals surface area contributed by atoms with Crippen molar-refractivity contribution >= 4 is 11.3 Å². The minimum absolute atomic E-state index is 1.02. The number of allylic oxidation sites excluding steroid dienone is 1. The minimum atomic E-state index is 1.02. The quantitative estimate of drug-likeness (QED) is 0.682. The molecule has 0 radical (unpaired) electrons. The van der Waals surface area contributed by atoms with E-state index in [1.165, 1.54) is 16.8 Å². The van der Waals surface area contributed by atoms with Gasteiger partial charge in [0.15, 0.2) is 0 Å². The van der Waals surface area contributed by atoms with Crippen LogP contribution in [-0.2, 0) is 0 Å². The van der Waals surface area contributed by atoms with Crippen LogP contribution in [0.4, 0.5) is 5.69 Å². The summed E-state index contributed by atoms with van der Waals surface area (Å²) >= 11 is 0. The predicted octanol–water partition coefficient (Wildman–Crippen LogP) is 3.18. The highest BCUT2D eigenvalue weighted by molar-refractivity contribution is 5.65. The Kier molecular flexibility index (Phi) is 3.13. The molecule has 1 nitrogen and oxygen atoms in total. The third-order valence-electron chi connectivity index (χ3n) is 2.22. The van der Waals surface area contributed by atoms with E-state index in [0.717, 1.165) is 6.42 Å². The van der Waals surface area contributed by atoms with Crippen LogP contribution in [0.15, 0.2) is 30.8 Å². The van der Waals surface area contributed by atoms with Gasteiger partial charge < -0.3 is 4.90 Å². The zero-order chi connectivity index (χ0) is 9.84. The molecule has 0 amide bonds. The molecule has 0 N–H and O–H groups in total. The van der Waals surface area contributed by atoms with E-state index in [-0.39, 0.29) is 0 Å². The first-order valence-corrected chi connectivity index (χ1v) is 4.60. The Hall–Kier alpha value is -1.24. The van der Waals surface area contributed by atoms with E-state index >= 15 is 0 Å². The molecule has 1 aromatic carbocycles. The summed E-state index contributed by atoms with van der Waals surface area (Å²) in [6.07, 6.45) is 1.02. The van der Waals surface area contributed by atoms with Gasteiger partial charge in [-0.05, 0) is 29.7 Å². The van der Waals surface area contributed by atoms with E-state index in [1.54, 1.807) is 0 Å². The Morgan fingerprint density at radius 2 is 1.77 bits per heavy atom. The van der Waals surface area contributed by atoms with Crippen molar-refractivity contribution in [3.8, 4) is 0 Å². The fraction of sp³-hybridized carbons (Fsp3) is 0.333. The molecule has 0 heterocycles. The number of rotatable bonds is 3. The molecule has 0 atom stereocenters. The first-order chi connectivity index (χ1) is 6.15. The van der Waals surface area contributed by atoms with Crippen LogP contribution in [0, 0.1) is 0 Å². The van der Waals surface area contributed by atoms with Crippen molar-refractivity contribution in [2.75, 3.05) is 19.0 Å². The van der Waals surface area contributed by atoms with Crippen LogP contribution in [0.2, 0.25) is 0 Å². The zero-order valence-electron chi connectivity index (χ0n) is 8.67. The first-order valence-electron chi connectivity index (χ1n) is 4.60. The van der Waals surface area contributed by atoms with Crippen molar-refractivity contribution in [1.82, 2.24) is 0 Å². The van der Waals surface area contributed by atoms with Gasteiger partial charge in [-0.15, -0.1) is 0 Å². The van der Waals surface area contributed by atoms with Gasteiger partial charge in [0.1, 0.15) is 0 Å². The second-order valence-corrected chi connectivity index (χ2v) is 3.40. The fourth-order valence-electron chi connectivity index (χ4n) is 1.20. The molecule has 1 aromatic rings. The van der Waals surface area contributed by atoms with Gasteiger partial charge in [0.05, 0.1) is 0 Å². The average molecular weight is 175 g/mol. The van der Waals surface area contributed by atoms with Crippen LogP contribution in [-0.4, -0.2) is 14.1 Å². The normalized spacial score (nSPS) is 9.77. The van der Waals surface area contributed by atoms with Gasteiger partial charge in [-0.2, -0.15) is 0 Å². The molecular weight excluding hydrogens is 158 g/mol. The van der Waals surface area contributed by atoms with Crippen LogP contribution in [0.5, 0.6) is 0 Å². The Labute approximate surface area is 80.7 Å². The van der Waals surface area contributed by atoms with Crippen molar-refractivity contribution < 1.29 is 0 Å². The Bertz CT molecular complexity index is 282. The van der Waals surface area contributed by atoms with E-state index in [4.69, 9.17) is 0 Å². The molecule has 13 heavy (non-hydrogen) atoms. The number of hydrogen-bond acceptors (Lipinski definition) is 1. The molecule has 0 unspecified atom stereocenters. The Morgan fingerprint density at radius 3 is 2.15 bits per heavy atom. The molecule has 0 aliphatic rings. The predicted molar refractivity (Wildman–Crippen MR) is 60.1 cm³/mol. The standard InChI is InChI=1S/C12H17N/c1-5-10(2)11-6-8-12(9-7-11)13(3)4/h6-9H,2,5H2,1,3-4H3. The third-order valence-corrected chi connectivity index (χ3v) is 2.22. The SMILES string of the molecule is C=C(CC)c1ccc(N(C)C)cc1. The zero-order valence-corrected chi connectivity index (χ0v) is 8.67. The molecule has 0 aromatic heterocycles. The lowest BCUT2D eigenvalue weighted by Crippen LogP contribution is -2.08. The molecule has 1 rings (SSSR count). The topological polar surface area (TPSA) is 3.24 Å². The van der Waals surface area contributed by atoms with Crippen LogP contribution >= 0.6 is 0 Å². The van der Waals surface area contributed by atoms with Gasteiger partial charge in [0.25, 0.3) is 0 Å². The first kappa shape index (κ1) is 9.85. The van der Waals surface area contributed by atoms with E-state index in [1.807, 2.05) is 14.1 Å². The molecule has 0 fully saturated rings. The maximum absolute atomic E-state index is 4.00. The average Bonchev–Trinajstić information content (AvgIpc) is 2.17. The van der Waals surface area contributed by atoms with Gasteiger partial charge >= 0.3 is 0 Å². The van der Waals surface area contributed by atoms with Crippen molar-refractivity contribution in [2.24, 2.45) is 0 Å². The Balaban J connectivity index is 2.87. The van der Waals surface area contributed by atoms with Crippen LogP contribution in [0.3, 0.4) is 0 Å². The van der Waals surface area contributed by atoms with Gasteiger partial charge in [0, 0.05) is 19.8 Å². The highest BCUT2D eigenvalue weighted by Crippen LogP contribution is 2.19. The monoisotopic (exact) mass is 175 g/mol. The summed E-state index contributed by atoms with van der Waals surface area (Å²) in [5, 5.41) is 0. The lowest BCUT2D eigenvalue weighted by atomic mass is 10.1. The summed E-state index contributed by atoms with van der Waals surface area (Å²) in [7, 11) is 4.09. The Morgan fingerprint density at radius 1 is 1.23 bits per heavy atom. The molecule has 0 spiro atoms. The van der Waals surface area contributed by atoms with Crippen LogP contribution < -0.4 is 4.90 Å². The number of nitrogens with zero attached hydrogens (tertiary/aromatic N) is 1. The maximum Gasteiger partial charge on any atom is 0.0361 e. The smallest absolute Gasteiger partial charge is 0.0361 e. The summed E-state index contributed by atoms with van der Waals surface area (Å²) in [6.45, 7) is 6.13. The number of hydrogen-bond donors (Lipinski definition) is 0. The van der Waals surface area contributed by atoms with E-state index in [9.17, 15) is 0 Å². The largest absolute Gasteiger partial charge is 0.378 e. The molecule has 0 bridgehead atoms. The van der Waals surface area contributed by atoms with Gasteiger partial charge in [-0.25, -0.2) is 0 Å². The van der Waals surface area contributed by atoms with Gasteiger partial charge in [0.2, 0.25) is 0 Å². The van der Waals surface area contributed by atoms with Gasteiger partial charge in [-0.1, -0.05) is 25.6 Å². The number of benzene rings is 1. The lowest BCUT2D eigenvalue weighted by molar-refractivity contribution is 1.13. The van der Waals surface area contributed by atoms with Crippen molar-refractivity contribution in [1.29, 1.82) is 0 Å². The van der Waals surface area contributed by atoms with Crippen molar-refractivity contribution in [2.45, 2.75) is 13.3 Å². The highest BCUT2D eigenvalue weighted by Gasteiger charge is 1.97. The molecule has 0 saturated carbocycles. The third kappa shape index (κ3) is 2.35. The molecule has 70 valence electrons. The second kappa shape index (κ2) is 4.13. The summed E-state index contributed by atoms with van der Waals surface area (Å²) in [5.41, 5.74) is 3.67. The van der Waals surface area contributed by atoms with Crippen LogP contribution in [0.25, 0.3) is 5.57 Å².